The van der Waals surface area contributed by atoms with Crippen LogP contribution in [0.25, 0.3) is 11.5 Å². The highest BCUT2D eigenvalue weighted by molar-refractivity contribution is 7.62. The van der Waals surface area contributed by atoms with Crippen LogP contribution in [0.5, 0.6) is 0 Å². The first kappa shape index (κ1) is 20.8. The van der Waals surface area contributed by atoms with Crippen molar-refractivity contribution >= 4 is 24.8 Å². The summed E-state index contributed by atoms with van der Waals surface area (Å²) < 4.78 is 28.7. The number of aryl methyl sites for hydroxylation is 2. The zero-order chi connectivity index (χ0) is 21.0. The third-order valence-electron chi connectivity index (χ3n) is 4.25. The molecule has 0 bridgehead atoms. The van der Waals surface area contributed by atoms with E-state index in [2.05, 4.69) is 15.8 Å². The molecule has 0 atom stereocenters. The van der Waals surface area contributed by atoms with Gasteiger partial charge in [-0.3, -0.25) is 20.2 Å². The number of carbonyl (C=O) groups is 1. The summed E-state index contributed by atoms with van der Waals surface area (Å²) in [7, 11) is -1.24. The molecule has 0 aliphatic rings. The van der Waals surface area contributed by atoms with Gasteiger partial charge in [0.2, 0.25) is 17.2 Å². The van der Waals surface area contributed by atoms with Gasteiger partial charge in [-0.25, -0.2) is 0 Å². The molecule has 2 aromatic carbocycles. The summed E-state index contributed by atoms with van der Waals surface area (Å²) in [6.07, 6.45) is 0. The predicted molar refractivity (Wildman–Crippen MR) is 110 cm³/mol. The molecular formula is C20H22N3O5P. The van der Waals surface area contributed by atoms with Gasteiger partial charge in [-0.2, -0.15) is 4.98 Å². The van der Waals surface area contributed by atoms with Crippen LogP contribution in [-0.4, -0.2) is 25.1 Å². The van der Waals surface area contributed by atoms with Crippen LogP contribution in [0.3, 0.4) is 0 Å². The third-order valence-corrected chi connectivity index (χ3v) is 6.03. The Kier molecular flexibility index (Phi) is 6.17. The van der Waals surface area contributed by atoms with E-state index in [-0.39, 0.29) is 17.2 Å². The van der Waals surface area contributed by atoms with Crippen molar-refractivity contribution in [3.8, 4) is 11.5 Å². The average Bonchev–Trinajstić information content (AvgIpc) is 3.17. The SMILES string of the molecule is COP(=O)(OC)c1nc(-c2ccc(C)cc2)oc1NNC(=O)c1ccc(C)cc1. The number of benzene rings is 2. The fraction of sp³-hybridized carbons (Fsp3) is 0.200. The van der Waals surface area contributed by atoms with Crippen LogP contribution in [0.15, 0.2) is 52.9 Å². The lowest BCUT2D eigenvalue weighted by Gasteiger charge is -2.12. The van der Waals surface area contributed by atoms with Crippen molar-refractivity contribution in [3.63, 3.8) is 0 Å². The second-order valence-electron chi connectivity index (χ2n) is 6.35. The molecule has 1 aromatic heterocycles. The molecule has 9 heteroatoms. The van der Waals surface area contributed by atoms with Crippen molar-refractivity contribution < 1.29 is 22.8 Å². The number of nitrogens with zero attached hydrogens (tertiary/aromatic N) is 1. The molecule has 0 unspecified atom stereocenters. The number of hydrogen-bond acceptors (Lipinski definition) is 7. The van der Waals surface area contributed by atoms with Gasteiger partial charge in [-0.15, -0.1) is 0 Å². The van der Waals surface area contributed by atoms with Crippen LogP contribution in [0.2, 0.25) is 0 Å². The Morgan fingerprint density at radius 1 is 0.966 bits per heavy atom. The number of nitrogens with one attached hydrogen (secondary N) is 2. The van der Waals surface area contributed by atoms with E-state index in [9.17, 15) is 9.36 Å². The lowest BCUT2D eigenvalue weighted by Crippen LogP contribution is -2.31. The van der Waals surface area contributed by atoms with Gasteiger partial charge in [0.25, 0.3) is 5.91 Å². The molecule has 3 aromatic rings. The van der Waals surface area contributed by atoms with Crippen LogP contribution in [-0.2, 0) is 13.6 Å². The summed E-state index contributed by atoms with van der Waals surface area (Å²) in [6.45, 7) is 3.89. The van der Waals surface area contributed by atoms with Gasteiger partial charge < -0.3 is 13.5 Å². The van der Waals surface area contributed by atoms with E-state index in [1.165, 1.54) is 14.2 Å². The number of hydrazine groups is 1. The summed E-state index contributed by atoms with van der Waals surface area (Å²) in [5.74, 6) is -0.219. The molecule has 1 amide bonds. The summed E-state index contributed by atoms with van der Waals surface area (Å²) in [5, 5.41) is 0. The molecular weight excluding hydrogens is 393 g/mol. The number of aromatic nitrogens is 1. The first-order chi connectivity index (χ1) is 13.9. The molecule has 0 spiro atoms. The van der Waals surface area contributed by atoms with Crippen LogP contribution in [0.4, 0.5) is 5.88 Å². The Bertz CT molecular complexity index is 1040. The van der Waals surface area contributed by atoms with Crippen molar-refractivity contribution in [2.75, 3.05) is 19.6 Å². The minimum Gasteiger partial charge on any atom is -0.418 e. The summed E-state index contributed by atoms with van der Waals surface area (Å²) in [5.41, 5.74) is 8.32. The molecule has 0 aliphatic heterocycles. The molecule has 3 rings (SSSR count). The van der Waals surface area contributed by atoms with Crippen LogP contribution in [0.1, 0.15) is 21.5 Å². The smallest absolute Gasteiger partial charge is 0.384 e. The van der Waals surface area contributed by atoms with Crippen molar-refractivity contribution in [2.24, 2.45) is 0 Å². The first-order valence-corrected chi connectivity index (χ1v) is 10.3. The van der Waals surface area contributed by atoms with E-state index in [0.717, 1.165) is 11.1 Å². The molecule has 1 heterocycles. The van der Waals surface area contributed by atoms with E-state index in [0.29, 0.717) is 11.1 Å². The third kappa shape index (κ3) is 4.56. The molecule has 0 fully saturated rings. The Morgan fingerprint density at radius 2 is 1.52 bits per heavy atom. The van der Waals surface area contributed by atoms with Crippen molar-refractivity contribution in [2.45, 2.75) is 13.8 Å². The Hall–Kier alpha value is -2.93. The second kappa shape index (κ2) is 8.61. The van der Waals surface area contributed by atoms with E-state index < -0.39 is 13.5 Å². The van der Waals surface area contributed by atoms with Gasteiger partial charge in [0, 0.05) is 25.3 Å². The molecule has 29 heavy (non-hydrogen) atoms. The summed E-state index contributed by atoms with van der Waals surface area (Å²) >= 11 is 0. The molecule has 2 N–H and O–H groups in total. The number of rotatable bonds is 7. The van der Waals surface area contributed by atoms with Gasteiger partial charge in [0.1, 0.15) is 0 Å². The predicted octanol–water partition coefficient (Wildman–Crippen LogP) is 3.83. The molecule has 0 aliphatic carbocycles. The van der Waals surface area contributed by atoms with E-state index >= 15 is 0 Å². The zero-order valence-electron chi connectivity index (χ0n) is 16.6. The normalized spacial score (nSPS) is 11.3. The Morgan fingerprint density at radius 3 is 2.07 bits per heavy atom. The van der Waals surface area contributed by atoms with E-state index in [1.54, 1.807) is 12.1 Å². The average molecular weight is 415 g/mol. The maximum atomic E-state index is 12.9. The maximum Gasteiger partial charge on any atom is 0.384 e. The number of hydrogen-bond donors (Lipinski definition) is 2. The van der Waals surface area contributed by atoms with Gasteiger partial charge in [-0.05, 0) is 38.1 Å². The fourth-order valence-electron chi connectivity index (χ4n) is 2.54. The number of oxazole rings is 1. The lowest BCUT2D eigenvalue weighted by molar-refractivity contribution is 0.0961. The zero-order valence-corrected chi connectivity index (χ0v) is 17.4. The standard InChI is InChI=1S/C20H22N3O5P/c1-13-5-9-15(10-6-13)17(24)22-23-19-20(29(25,26-3)27-4)21-18(28-19)16-11-7-14(2)8-12-16/h5-12,23H,1-4H3,(H,22,24). The van der Waals surface area contributed by atoms with Crippen LogP contribution >= 0.6 is 7.60 Å². The molecule has 8 nitrogen and oxygen atoms in total. The maximum absolute atomic E-state index is 12.9. The van der Waals surface area contributed by atoms with Crippen molar-refractivity contribution in [1.29, 1.82) is 0 Å². The van der Waals surface area contributed by atoms with Crippen LogP contribution < -0.4 is 16.3 Å². The minimum atomic E-state index is -3.74. The molecule has 152 valence electrons. The number of amides is 1. The largest absolute Gasteiger partial charge is 0.418 e. The molecule has 0 saturated carbocycles. The van der Waals surface area contributed by atoms with Gasteiger partial charge >= 0.3 is 7.60 Å². The summed E-state index contributed by atoms with van der Waals surface area (Å²) in [4.78, 5) is 16.7. The molecule has 0 saturated heterocycles. The minimum absolute atomic E-state index is 0.0342. The van der Waals surface area contributed by atoms with Gasteiger partial charge in [-0.1, -0.05) is 35.4 Å². The quantitative estimate of drug-likeness (QED) is 0.447. The highest BCUT2D eigenvalue weighted by atomic mass is 31.2. The fourth-order valence-corrected chi connectivity index (χ4v) is 3.60. The Balaban J connectivity index is 1.91. The topological polar surface area (TPSA) is 103 Å². The number of anilines is 1. The number of carbonyl (C=O) groups excluding carboxylic acids is 1. The highest BCUT2D eigenvalue weighted by Crippen LogP contribution is 2.47. The highest BCUT2D eigenvalue weighted by Gasteiger charge is 2.34. The summed E-state index contributed by atoms with van der Waals surface area (Å²) in [6, 6.07) is 14.5. The second-order valence-corrected chi connectivity index (χ2v) is 8.49. The van der Waals surface area contributed by atoms with Gasteiger partial charge in [0.05, 0.1) is 0 Å². The molecule has 0 radical (unpaired) electrons. The van der Waals surface area contributed by atoms with Crippen LogP contribution in [0, 0.1) is 13.8 Å². The Labute approximate surface area is 168 Å². The lowest BCUT2D eigenvalue weighted by atomic mass is 10.1. The van der Waals surface area contributed by atoms with Crippen molar-refractivity contribution in [1.82, 2.24) is 10.4 Å². The van der Waals surface area contributed by atoms with Crippen molar-refractivity contribution in [3.05, 3.63) is 65.2 Å². The first-order valence-electron chi connectivity index (χ1n) is 8.79. The van der Waals surface area contributed by atoms with Gasteiger partial charge in [0.15, 0.2) is 0 Å². The monoisotopic (exact) mass is 415 g/mol. The van der Waals surface area contributed by atoms with E-state index in [4.69, 9.17) is 13.5 Å². The van der Waals surface area contributed by atoms with E-state index in [1.807, 2.05) is 50.2 Å².